The highest BCUT2D eigenvalue weighted by molar-refractivity contribution is 5.85. The second-order valence-corrected chi connectivity index (χ2v) is 4.29. The molecule has 0 amide bonds. The summed E-state index contributed by atoms with van der Waals surface area (Å²) in [5.41, 5.74) is 5.44. The number of rotatable bonds is 4. The van der Waals surface area contributed by atoms with Gasteiger partial charge in [0.05, 0.1) is 0 Å². The molecule has 0 heterocycles. The van der Waals surface area contributed by atoms with Gasteiger partial charge in [0.15, 0.2) is 0 Å². The number of hydrogen-bond acceptors (Lipinski definition) is 2. The molecule has 3 nitrogen and oxygen atoms in total. The van der Waals surface area contributed by atoms with Crippen molar-refractivity contribution in [3.8, 4) is 0 Å². The summed E-state index contributed by atoms with van der Waals surface area (Å²) in [6, 6.07) is -0.734. The lowest BCUT2D eigenvalue weighted by Gasteiger charge is -2.30. The summed E-state index contributed by atoms with van der Waals surface area (Å²) in [6.45, 7) is 8.24. The zero-order chi connectivity index (χ0) is 9.94. The summed E-state index contributed by atoms with van der Waals surface area (Å²) in [4.78, 5) is 10.5. The highest BCUT2D eigenvalue weighted by Crippen LogP contribution is 2.30. The van der Waals surface area contributed by atoms with Gasteiger partial charge in [0.2, 0.25) is 0 Å². The van der Waals surface area contributed by atoms with E-state index in [2.05, 4.69) is 13.8 Å². The average Bonchev–Trinajstić information content (AvgIpc) is 1.85. The third kappa shape index (κ3) is 5.11. The first-order valence-corrected chi connectivity index (χ1v) is 4.25. The Morgan fingerprint density at radius 2 is 1.85 bits per heavy atom. The van der Waals surface area contributed by atoms with Crippen LogP contribution in [0, 0.1) is 11.3 Å². The van der Waals surface area contributed by atoms with E-state index in [1.54, 1.807) is 0 Å². The minimum atomic E-state index is -0.913. The molecule has 0 bridgehead atoms. The molecule has 0 aromatic rings. The SMILES string of the molecule is CC(C)C(C)(C)CC(N)C(=O)O.Cl. The smallest absolute Gasteiger partial charge is 0.320 e. The molecule has 1 unspecified atom stereocenters. The molecule has 0 radical (unpaired) electrons. The quantitative estimate of drug-likeness (QED) is 0.744. The molecule has 80 valence electrons. The first-order valence-electron chi connectivity index (χ1n) is 4.25. The van der Waals surface area contributed by atoms with Gasteiger partial charge in [-0.15, -0.1) is 12.4 Å². The van der Waals surface area contributed by atoms with E-state index in [4.69, 9.17) is 10.8 Å². The van der Waals surface area contributed by atoms with Crippen molar-refractivity contribution in [3.05, 3.63) is 0 Å². The molecule has 0 saturated heterocycles. The summed E-state index contributed by atoms with van der Waals surface area (Å²) in [6.07, 6.45) is 0.528. The van der Waals surface area contributed by atoms with Crippen molar-refractivity contribution in [1.29, 1.82) is 0 Å². The molecule has 0 aliphatic heterocycles. The van der Waals surface area contributed by atoms with Crippen LogP contribution in [0.1, 0.15) is 34.1 Å². The van der Waals surface area contributed by atoms with Gasteiger partial charge in [-0.3, -0.25) is 4.79 Å². The third-order valence-corrected chi connectivity index (χ3v) is 2.63. The van der Waals surface area contributed by atoms with E-state index in [-0.39, 0.29) is 17.8 Å². The van der Waals surface area contributed by atoms with E-state index in [0.717, 1.165) is 0 Å². The molecule has 0 aliphatic carbocycles. The van der Waals surface area contributed by atoms with Crippen LogP contribution in [0.2, 0.25) is 0 Å². The van der Waals surface area contributed by atoms with E-state index in [0.29, 0.717) is 12.3 Å². The van der Waals surface area contributed by atoms with Crippen molar-refractivity contribution in [2.24, 2.45) is 17.1 Å². The lowest BCUT2D eigenvalue weighted by atomic mass is 9.76. The van der Waals surface area contributed by atoms with E-state index >= 15 is 0 Å². The van der Waals surface area contributed by atoms with Gasteiger partial charge in [0.1, 0.15) is 6.04 Å². The number of carboxylic acid groups (broad SMARTS) is 1. The Balaban J connectivity index is 0. The van der Waals surface area contributed by atoms with E-state index in [9.17, 15) is 4.79 Å². The number of aliphatic carboxylic acids is 1. The topological polar surface area (TPSA) is 63.3 Å². The first-order chi connectivity index (χ1) is 5.27. The molecular formula is C9H20ClNO2. The van der Waals surface area contributed by atoms with Crippen molar-refractivity contribution in [3.63, 3.8) is 0 Å². The van der Waals surface area contributed by atoms with Crippen molar-refractivity contribution in [2.45, 2.75) is 40.2 Å². The van der Waals surface area contributed by atoms with E-state index < -0.39 is 12.0 Å². The lowest BCUT2D eigenvalue weighted by Crippen LogP contribution is -2.37. The summed E-state index contributed by atoms with van der Waals surface area (Å²) >= 11 is 0. The predicted molar refractivity (Wildman–Crippen MR) is 56.1 cm³/mol. The number of carbonyl (C=O) groups is 1. The second kappa shape index (κ2) is 5.45. The average molecular weight is 210 g/mol. The molecule has 1 atom stereocenters. The molecule has 0 rings (SSSR count). The van der Waals surface area contributed by atoms with Gasteiger partial charge in [0.25, 0.3) is 0 Å². The molecule has 0 aliphatic rings. The number of halogens is 1. The molecule has 0 spiro atoms. The van der Waals surface area contributed by atoms with Gasteiger partial charge in [-0.1, -0.05) is 27.7 Å². The highest BCUT2D eigenvalue weighted by Gasteiger charge is 2.27. The van der Waals surface area contributed by atoms with Gasteiger partial charge < -0.3 is 10.8 Å². The number of nitrogens with two attached hydrogens (primary N) is 1. The van der Waals surface area contributed by atoms with Crippen molar-refractivity contribution >= 4 is 18.4 Å². The fraction of sp³-hybridized carbons (Fsp3) is 0.889. The fourth-order valence-electron chi connectivity index (χ4n) is 0.890. The highest BCUT2D eigenvalue weighted by atomic mass is 35.5. The van der Waals surface area contributed by atoms with Crippen LogP contribution in [0.5, 0.6) is 0 Å². The molecule has 0 aromatic heterocycles. The van der Waals surface area contributed by atoms with Crippen LogP contribution in [0.4, 0.5) is 0 Å². The monoisotopic (exact) mass is 209 g/mol. The Hall–Kier alpha value is -0.280. The molecular weight excluding hydrogens is 190 g/mol. The Morgan fingerprint density at radius 1 is 1.46 bits per heavy atom. The third-order valence-electron chi connectivity index (χ3n) is 2.63. The number of hydrogen-bond donors (Lipinski definition) is 2. The molecule has 0 saturated carbocycles. The molecule has 0 fully saturated rings. The maximum Gasteiger partial charge on any atom is 0.320 e. The van der Waals surface area contributed by atoms with Crippen LogP contribution < -0.4 is 5.73 Å². The van der Waals surface area contributed by atoms with Gasteiger partial charge in [-0.05, 0) is 17.8 Å². The van der Waals surface area contributed by atoms with Crippen LogP contribution in [-0.4, -0.2) is 17.1 Å². The van der Waals surface area contributed by atoms with Crippen LogP contribution in [0.3, 0.4) is 0 Å². The Bertz CT molecular complexity index is 169. The molecule has 0 aromatic carbocycles. The van der Waals surface area contributed by atoms with Crippen molar-refractivity contribution in [2.75, 3.05) is 0 Å². The zero-order valence-corrected chi connectivity index (χ0v) is 9.52. The Labute approximate surface area is 86.1 Å². The second-order valence-electron chi connectivity index (χ2n) is 4.29. The van der Waals surface area contributed by atoms with E-state index in [1.165, 1.54) is 0 Å². The van der Waals surface area contributed by atoms with Crippen LogP contribution in [0.25, 0.3) is 0 Å². The van der Waals surface area contributed by atoms with Gasteiger partial charge in [-0.25, -0.2) is 0 Å². The summed E-state index contributed by atoms with van der Waals surface area (Å²) < 4.78 is 0. The maximum atomic E-state index is 10.5. The Morgan fingerprint density at radius 3 is 2.08 bits per heavy atom. The van der Waals surface area contributed by atoms with Crippen LogP contribution in [-0.2, 0) is 4.79 Å². The molecule has 4 heteroatoms. The minimum Gasteiger partial charge on any atom is -0.480 e. The molecule has 13 heavy (non-hydrogen) atoms. The Kier molecular flexibility index (Phi) is 6.37. The summed E-state index contributed by atoms with van der Waals surface area (Å²) in [5, 5.41) is 8.60. The number of carboxylic acids is 1. The normalized spacial score (nSPS) is 13.7. The van der Waals surface area contributed by atoms with Crippen molar-refractivity contribution in [1.82, 2.24) is 0 Å². The van der Waals surface area contributed by atoms with Gasteiger partial charge in [-0.2, -0.15) is 0 Å². The maximum absolute atomic E-state index is 10.5. The molecule has 3 N–H and O–H groups in total. The minimum absolute atomic E-state index is 0. The van der Waals surface area contributed by atoms with Crippen molar-refractivity contribution < 1.29 is 9.90 Å². The summed E-state index contributed by atoms with van der Waals surface area (Å²) in [7, 11) is 0. The predicted octanol–water partition coefficient (Wildman–Crippen LogP) is 1.89. The largest absolute Gasteiger partial charge is 0.480 e. The zero-order valence-electron chi connectivity index (χ0n) is 8.70. The standard InChI is InChI=1S/C9H19NO2.ClH/c1-6(2)9(3,4)5-7(10)8(11)12;/h6-7H,5,10H2,1-4H3,(H,11,12);1H. The van der Waals surface area contributed by atoms with Crippen LogP contribution >= 0.6 is 12.4 Å². The van der Waals surface area contributed by atoms with Crippen LogP contribution in [0.15, 0.2) is 0 Å². The van der Waals surface area contributed by atoms with Gasteiger partial charge >= 0.3 is 5.97 Å². The lowest BCUT2D eigenvalue weighted by molar-refractivity contribution is -0.139. The first kappa shape index (κ1) is 15.2. The summed E-state index contributed by atoms with van der Waals surface area (Å²) in [5.74, 6) is -0.466. The van der Waals surface area contributed by atoms with E-state index in [1.807, 2.05) is 13.8 Å². The van der Waals surface area contributed by atoms with Gasteiger partial charge in [0, 0.05) is 0 Å². The fourth-order valence-corrected chi connectivity index (χ4v) is 0.890.